The molecule has 3 heteroatoms. The fraction of sp³-hybridized carbons (Fsp3) is 0.444. The highest BCUT2D eigenvalue weighted by atomic mass is 16.1. The first-order valence-electron chi connectivity index (χ1n) is 7.60. The van der Waals surface area contributed by atoms with E-state index in [2.05, 4.69) is 37.1 Å². The molecule has 0 fully saturated rings. The second-order valence-corrected chi connectivity index (χ2v) is 6.03. The molecule has 1 amide bonds. The number of carbonyl (C=O) groups is 1. The Kier molecular flexibility index (Phi) is 4.94. The molecule has 0 bridgehead atoms. The van der Waals surface area contributed by atoms with E-state index in [4.69, 9.17) is 0 Å². The molecule has 3 nitrogen and oxygen atoms in total. The second-order valence-electron chi connectivity index (χ2n) is 6.03. The van der Waals surface area contributed by atoms with Crippen LogP contribution in [0.15, 0.2) is 24.3 Å². The molecule has 1 aromatic heterocycles. The van der Waals surface area contributed by atoms with Crippen LogP contribution in [0.3, 0.4) is 0 Å². The lowest BCUT2D eigenvalue weighted by atomic mass is 9.99. The minimum Gasteiger partial charge on any atom is -0.356 e. The Balaban J connectivity index is 2.16. The number of aryl methyl sites for hydroxylation is 2. The summed E-state index contributed by atoms with van der Waals surface area (Å²) in [7, 11) is 0. The van der Waals surface area contributed by atoms with Crippen LogP contribution in [-0.4, -0.2) is 17.4 Å². The van der Waals surface area contributed by atoms with E-state index in [0.29, 0.717) is 12.3 Å². The largest absolute Gasteiger partial charge is 0.356 e. The van der Waals surface area contributed by atoms with Crippen molar-refractivity contribution < 1.29 is 4.79 Å². The maximum Gasteiger partial charge on any atom is 0.224 e. The standard InChI is InChI=1S/C18H24N2O/c1-12(2)9-10-19-18(21)11-16-13(3)15-7-5-6-8-17(15)20-14(16)4/h5-8,12H,9-11H2,1-4H3,(H,19,21). The predicted molar refractivity (Wildman–Crippen MR) is 87.4 cm³/mol. The van der Waals surface area contributed by atoms with Crippen molar-refractivity contribution in [1.29, 1.82) is 0 Å². The van der Waals surface area contributed by atoms with Gasteiger partial charge in [0.2, 0.25) is 5.91 Å². The molecule has 1 heterocycles. The summed E-state index contributed by atoms with van der Waals surface area (Å²) in [5, 5.41) is 4.13. The topological polar surface area (TPSA) is 42.0 Å². The van der Waals surface area contributed by atoms with Crippen LogP contribution in [0.25, 0.3) is 10.9 Å². The lowest BCUT2D eigenvalue weighted by Gasteiger charge is -2.13. The molecule has 0 unspecified atom stereocenters. The zero-order valence-electron chi connectivity index (χ0n) is 13.4. The summed E-state index contributed by atoms with van der Waals surface area (Å²) in [5.41, 5.74) is 4.16. The van der Waals surface area contributed by atoms with E-state index in [1.807, 2.05) is 25.1 Å². The summed E-state index contributed by atoms with van der Waals surface area (Å²) in [4.78, 5) is 16.7. The highest BCUT2D eigenvalue weighted by molar-refractivity contribution is 5.86. The fourth-order valence-corrected chi connectivity index (χ4v) is 2.55. The van der Waals surface area contributed by atoms with Gasteiger partial charge in [-0.3, -0.25) is 9.78 Å². The van der Waals surface area contributed by atoms with Crippen LogP contribution in [0.4, 0.5) is 0 Å². The number of para-hydroxylation sites is 1. The average molecular weight is 284 g/mol. The maximum atomic E-state index is 12.1. The van der Waals surface area contributed by atoms with E-state index in [0.717, 1.165) is 40.7 Å². The van der Waals surface area contributed by atoms with Crippen molar-refractivity contribution in [3.8, 4) is 0 Å². The Bertz CT molecular complexity index is 647. The van der Waals surface area contributed by atoms with E-state index >= 15 is 0 Å². The lowest BCUT2D eigenvalue weighted by Crippen LogP contribution is -2.27. The normalized spacial score (nSPS) is 11.1. The average Bonchev–Trinajstić information content (AvgIpc) is 2.43. The van der Waals surface area contributed by atoms with Crippen molar-refractivity contribution in [2.24, 2.45) is 5.92 Å². The Morgan fingerprint density at radius 2 is 1.95 bits per heavy atom. The second kappa shape index (κ2) is 6.70. The number of nitrogens with zero attached hydrogens (tertiary/aromatic N) is 1. The number of fused-ring (bicyclic) bond motifs is 1. The molecular weight excluding hydrogens is 260 g/mol. The number of hydrogen-bond acceptors (Lipinski definition) is 2. The van der Waals surface area contributed by atoms with Crippen molar-refractivity contribution in [2.75, 3.05) is 6.54 Å². The molecule has 0 spiro atoms. The van der Waals surface area contributed by atoms with Crippen LogP contribution in [0.5, 0.6) is 0 Å². The third kappa shape index (κ3) is 3.81. The highest BCUT2D eigenvalue weighted by Gasteiger charge is 2.12. The summed E-state index contributed by atoms with van der Waals surface area (Å²) in [6.45, 7) is 9.13. The predicted octanol–water partition coefficient (Wildman–Crippen LogP) is 3.56. The van der Waals surface area contributed by atoms with E-state index in [1.54, 1.807) is 0 Å². The van der Waals surface area contributed by atoms with Gasteiger partial charge in [-0.1, -0.05) is 32.0 Å². The van der Waals surface area contributed by atoms with Crippen LogP contribution in [0.2, 0.25) is 0 Å². The third-order valence-electron chi connectivity index (χ3n) is 3.87. The number of aromatic nitrogens is 1. The number of amides is 1. The summed E-state index contributed by atoms with van der Waals surface area (Å²) >= 11 is 0. The van der Waals surface area contributed by atoms with Gasteiger partial charge in [0.05, 0.1) is 11.9 Å². The highest BCUT2D eigenvalue weighted by Crippen LogP contribution is 2.22. The van der Waals surface area contributed by atoms with Gasteiger partial charge in [0.1, 0.15) is 0 Å². The molecule has 0 saturated carbocycles. The van der Waals surface area contributed by atoms with E-state index in [-0.39, 0.29) is 5.91 Å². The van der Waals surface area contributed by atoms with Crippen LogP contribution < -0.4 is 5.32 Å². The SMILES string of the molecule is Cc1nc2ccccc2c(C)c1CC(=O)NCCC(C)C. The Morgan fingerprint density at radius 1 is 1.24 bits per heavy atom. The molecule has 2 aromatic rings. The van der Waals surface area contributed by atoms with E-state index in [1.165, 1.54) is 0 Å². The first-order valence-corrected chi connectivity index (χ1v) is 7.60. The minimum absolute atomic E-state index is 0.0823. The number of rotatable bonds is 5. The number of carbonyl (C=O) groups excluding carboxylic acids is 1. The Labute approximate surface area is 126 Å². The van der Waals surface area contributed by atoms with Gasteiger partial charge in [0.15, 0.2) is 0 Å². The monoisotopic (exact) mass is 284 g/mol. The van der Waals surface area contributed by atoms with Crippen molar-refractivity contribution in [2.45, 2.75) is 40.5 Å². The molecule has 2 rings (SSSR count). The van der Waals surface area contributed by atoms with E-state index in [9.17, 15) is 4.79 Å². The zero-order chi connectivity index (χ0) is 15.4. The van der Waals surface area contributed by atoms with Gasteiger partial charge >= 0.3 is 0 Å². The third-order valence-corrected chi connectivity index (χ3v) is 3.87. The summed E-state index contributed by atoms with van der Waals surface area (Å²) in [6, 6.07) is 8.09. The van der Waals surface area contributed by atoms with Gasteiger partial charge in [0.25, 0.3) is 0 Å². The van der Waals surface area contributed by atoms with Gasteiger partial charge in [-0.05, 0) is 43.4 Å². The molecule has 21 heavy (non-hydrogen) atoms. The number of benzene rings is 1. The summed E-state index contributed by atoms with van der Waals surface area (Å²) in [6.07, 6.45) is 1.42. The molecule has 0 saturated heterocycles. The molecule has 1 N–H and O–H groups in total. The zero-order valence-corrected chi connectivity index (χ0v) is 13.4. The van der Waals surface area contributed by atoms with Crippen molar-refractivity contribution >= 4 is 16.8 Å². The van der Waals surface area contributed by atoms with Gasteiger partial charge in [-0.2, -0.15) is 0 Å². The Hall–Kier alpha value is -1.90. The van der Waals surface area contributed by atoms with Crippen molar-refractivity contribution in [3.05, 3.63) is 41.1 Å². The quantitative estimate of drug-likeness (QED) is 0.912. The molecule has 0 atom stereocenters. The molecule has 1 aromatic carbocycles. The minimum atomic E-state index is 0.0823. The van der Waals surface area contributed by atoms with Crippen molar-refractivity contribution in [3.63, 3.8) is 0 Å². The van der Waals surface area contributed by atoms with Crippen LogP contribution in [-0.2, 0) is 11.2 Å². The van der Waals surface area contributed by atoms with Crippen LogP contribution >= 0.6 is 0 Å². The fourth-order valence-electron chi connectivity index (χ4n) is 2.55. The van der Waals surface area contributed by atoms with Crippen molar-refractivity contribution in [1.82, 2.24) is 10.3 Å². The molecule has 0 aliphatic rings. The summed E-state index contributed by atoms with van der Waals surface area (Å²) < 4.78 is 0. The molecule has 0 radical (unpaired) electrons. The molecule has 0 aliphatic heterocycles. The lowest BCUT2D eigenvalue weighted by molar-refractivity contribution is -0.120. The maximum absolute atomic E-state index is 12.1. The first-order chi connectivity index (χ1) is 9.99. The Morgan fingerprint density at radius 3 is 2.67 bits per heavy atom. The van der Waals surface area contributed by atoms with Gasteiger partial charge in [-0.25, -0.2) is 0 Å². The molecule has 112 valence electrons. The molecular formula is C18H24N2O. The first kappa shape index (κ1) is 15.5. The molecule has 0 aliphatic carbocycles. The summed E-state index contributed by atoms with van der Waals surface area (Å²) in [5.74, 6) is 0.690. The number of hydrogen-bond donors (Lipinski definition) is 1. The van der Waals surface area contributed by atoms with Gasteiger partial charge < -0.3 is 5.32 Å². The smallest absolute Gasteiger partial charge is 0.224 e. The van der Waals surface area contributed by atoms with Crippen LogP contribution in [0, 0.1) is 19.8 Å². The van der Waals surface area contributed by atoms with Gasteiger partial charge in [0, 0.05) is 17.6 Å². The number of nitrogens with one attached hydrogen (secondary N) is 1. The van der Waals surface area contributed by atoms with Gasteiger partial charge in [-0.15, -0.1) is 0 Å². The van der Waals surface area contributed by atoms with E-state index < -0.39 is 0 Å². The van der Waals surface area contributed by atoms with Crippen LogP contribution in [0.1, 0.15) is 37.1 Å². The number of pyridine rings is 1.